The number of rotatable bonds is 6. The molecule has 27 heavy (non-hydrogen) atoms. The van der Waals surface area contributed by atoms with Crippen molar-refractivity contribution in [3.63, 3.8) is 0 Å². The number of benzene rings is 3. The van der Waals surface area contributed by atoms with Crippen LogP contribution in [0.2, 0.25) is 5.02 Å². The molecule has 2 N–H and O–H groups in total. The first-order chi connectivity index (χ1) is 13.1. The lowest BCUT2D eigenvalue weighted by Gasteiger charge is -2.07. The molecule has 3 aromatic carbocycles. The van der Waals surface area contributed by atoms with Crippen molar-refractivity contribution in [2.24, 2.45) is 5.10 Å². The number of ether oxygens (including phenoxy) is 1. The van der Waals surface area contributed by atoms with Crippen molar-refractivity contribution in [2.75, 3.05) is 0 Å². The molecule has 6 heteroatoms. The van der Waals surface area contributed by atoms with Gasteiger partial charge in [-0.2, -0.15) is 5.10 Å². The van der Waals surface area contributed by atoms with Gasteiger partial charge in [-0.25, -0.2) is 5.43 Å². The van der Waals surface area contributed by atoms with Crippen molar-refractivity contribution in [3.05, 3.63) is 94.5 Å². The summed E-state index contributed by atoms with van der Waals surface area (Å²) in [5, 5.41) is 14.3. The predicted molar refractivity (Wildman–Crippen MR) is 105 cm³/mol. The number of hydrogen-bond acceptors (Lipinski definition) is 4. The van der Waals surface area contributed by atoms with Crippen molar-refractivity contribution >= 4 is 23.7 Å². The molecule has 3 rings (SSSR count). The summed E-state index contributed by atoms with van der Waals surface area (Å²) in [5.41, 5.74) is 4.32. The molecular formula is C21H17ClN2O3. The fourth-order valence-electron chi connectivity index (χ4n) is 2.32. The largest absolute Gasteiger partial charge is 0.507 e. The third kappa shape index (κ3) is 5.33. The maximum atomic E-state index is 12.0. The maximum Gasteiger partial charge on any atom is 0.275 e. The van der Waals surface area contributed by atoms with E-state index in [0.717, 1.165) is 11.1 Å². The molecule has 0 unspecified atom stereocenters. The van der Waals surface area contributed by atoms with Gasteiger partial charge in [-0.05, 0) is 47.5 Å². The van der Waals surface area contributed by atoms with E-state index >= 15 is 0 Å². The Kier molecular flexibility index (Phi) is 6.07. The van der Waals surface area contributed by atoms with E-state index in [1.54, 1.807) is 12.1 Å². The van der Waals surface area contributed by atoms with Crippen LogP contribution in [0.3, 0.4) is 0 Å². The van der Waals surface area contributed by atoms with Crippen LogP contribution in [-0.2, 0) is 6.61 Å². The van der Waals surface area contributed by atoms with E-state index in [4.69, 9.17) is 16.3 Å². The molecule has 0 heterocycles. The number of hydrazone groups is 1. The first kappa shape index (κ1) is 18.5. The van der Waals surface area contributed by atoms with Crippen LogP contribution in [0, 0.1) is 0 Å². The van der Waals surface area contributed by atoms with Crippen molar-refractivity contribution in [3.8, 4) is 11.5 Å². The minimum atomic E-state index is -0.487. The van der Waals surface area contributed by atoms with Gasteiger partial charge in [-0.1, -0.05) is 48.0 Å². The second kappa shape index (κ2) is 8.87. The third-order valence-electron chi connectivity index (χ3n) is 3.71. The van der Waals surface area contributed by atoms with Crippen molar-refractivity contribution in [1.29, 1.82) is 0 Å². The minimum absolute atomic E-state index is 0.0946. The molecule has 5 nitrogen and oxygen atoms in total. The number of amides is 1. The van der Waals surface area contributed by atoms with Gasteiger partial charge >= 0.3 is 0 Å². The zero-order valence-electron chi connectivity index (χ0n) is 14.3. The molecule has 136 valence electrons. The van der Waals surface area contributed by atoms with Gasteiger partial charge in [-0.15, -0.1) is 0 Å². The predicted octanol–water partition coefficient (Wildman–Crippen LogP) is 4.39. The quantitative estimate of drug-likeness (QED) is 0.492. The number of phenols is 1. The summed E-state index contributed by atoms with van der Waals surface area (Å²) < 4.78 is 5.76. The summed E-state index contributed by atoms with van der Waals surface area (Å²) >= 11 is 5.87. The van der Waals surface area contributed by atoms with Crippen LogP contribution in [0.25, 0.3) is 0 Å². The lowest BCUT2D eigenvalue weighted by Crippen LogP contribution is -2.17. The molecule has 3 aromatic rings. The van der Waals surface area contributed by atoms with E-state index in [1.807, 2.05) is 48.5 Å². The van der Waals surface area contributed by atoms with Crippen LogP contribution < -0.4 is 10.2 Å². The zero-order valence-corrected chi connectivity index (χ0v) is 15.1. The molecule has 0 bridgehead atoms. The Hall–Kier alpha value is -3.31. The molecule has 0 spiro atoms. The number of nitrogens with zero attached hydrogens (tertiary/aromatic N) is 1. The van der Waals surface area contributed by atoms with Crippen LogP contribution in [0.15, 0.2) is 77.9 Å². The summed E-state index contributed by atoms with van der Waals surface area (Å²) in [6.07, 6.45) is 1.51. The van der Waals surface area contributed by atoms with Crippen molar-refractivity contribution in [1.82, 2.24) is 5.43 Å². The van der Waals surface area contributed by atoms with Crippen LogP contribution in [0.5, 0.6) is 11.5 Å². The number of nitrogens with one attached hydrogen (secondary N) is 1. The normalized spacial score (nSPS) is 10.7. The van der Waals surface area contributed by atoms with Gasteiger partial charge in [0.25, 0.3) is 5.91 Å². The van der Waals surface area contributed by atoms with Gasteiger partial charge in [0.2, 0.25) is 0 Å². The molecule has 0 aliphatic rings. The molecule has 0 saturated heterocycles. The Labute approximate surface area is 161 Å². The molecular weight excluding hydrogens is 364 g/mol. The SMILES string of the molecule is O=C(NN=Cc1cccc(OCc2ccc(Cl)cc2)c1)c1ccccc1O. The number of carbonyl (C=O) groups excluding carboxylic acids is 1. The highest BCUT2D eigenvalue weighted by molar-refractivity contribution is 6.30. The Bertz CT molecular complexity index is 956. The zero-order chi connectivity index (χ0) is 19.1. The van der Waals surface area contributed by atoms with Crippen LogP contribution in [0.1, 0.15) is 21.5 Å². The van der Waals surface area contributed by atoms with E-state index in [9.17, 15) is 9.90 Å². The van der Waals surface area contributed by atoms with Gasteiger partial charge < -0.3 is 9.84 Å². The number of para-hydroxylation sites is 1. The van der Waals surface area contributed by atoms with E-state index in [1.165, 1.54) is 18.3 Å². The number of hydrogen-bond donors (Lipinski definition) is 2. The maximum absolute atomic E-state index is 12.0. The van der Waals surface area contributed by atoms with E-state index < -0.39 is 5.91 Å². The van der Waals surface area contributed by atoms with E-state index in [-0.39, 0.29) is 11.3 Å². The number of carbonyl (C=O) groups is 1. The average Bonchev–Trinajstić information content (AvgIpc) is 2.68. The second-order valence-electron chi connectivity index (χ2n) is 5.70. The Balaban J connectivity index is 1.58. The highest BCUT2D eigenvalue weighted by Crippen LogP contribution is 2.16. The molecule has 1 amide bonds. The van der Waals surface area contributed by atoms with Gasteiger partial charge in [0, 0.05) is 5.02 Å². The van der Waals surface area contributed by atoms with Crippen LogP contribution in [0.4, 0.5) is 0 Å². The summed E-state index contributed by atoms with van der Waals surface area (Å²) in [6, 6.07) is 21.0. The summed E-state index contributed by atoms with van der Waals surface area (Å²) in [5.74, 6) is 0.100. The third-order valence-corrected chi connectivity index (χ3v) is 3.96. The Morgan fingerprint density at radius 2 is 1.85 bits per heavy atom. The number of halogens is 1. The Morgan fingerprint density at radius 3 is 2.63 bits per heavy atom. The van der Waals surface area contributed by atoms with Gasteiger partial charge in [0.15, 0.2) is 0 Å². The summed E-state index contributed by atoms with van der Waals surface area (Å²) in [7, 11) is 0. The summed E-state index contributed by atoms with van der Waals surface area (Å²) in [4.78, 5) is 12.0. The smallest absolute Gasteiger partial charge is 0.275 e. The van der Waals surface area contributed by atoms with Gasteiger partial charge in [0.1, 0.15) is 18.1 Å². The first-order valence-corrected chi connectivity index (χ1v) is 8.58. The van der Waals surface area contributed by atoms with Gasteiger partial charge in [0.05, 0.1) is 11.8 Å². The van der Waals surface area contributed by atoms with E-state index in [0.29, 0.717) is 17.4 Å². The highest BCUT2D eigenvalue weighted by Gasteiger charge is 2.08. The topological polar surface area (TPSA) is 70.9 Å². The lowest BCUT2D eigenvalue weighted by atomic mass is 10.2. The lowest BCUT2D eigenvalue weighted by molar-refractivity contribution is 0.0952. The summed E-state index contributed by atoms with van der Waals surface area (Å²) in [6.45, 7) is 0.418. The molecule has 0 aliphatic heterocycles. The standard InChI is InChI=1S/C21H17ClN2O3/c22-17-10-8-15(9-11-17)14-27-18-5-3-4-16(12-18)13-23-24-21(26)19-6-1-2-7-20(19)25/h1-13,25H,14H2,(H,24,26). The molecule has 0 saturated carbocycles. The first-order valence-electron chi connectivity index (χ1n) is 8.20. The fourth-order valence-corrected chi connectivity index (χ4v) is 2.45. The monoisotopic (exact) mass is 380 g/mol. The molecule has 0 fully saturated rings. The molecule has 0 radical (unpaired) electrons. The van der Waals surface area contributed by atoms with Crippen LogP contribution >= 0.6 is 11.6 Å². The van der Waals surface area contributed by atoms with Gasteiger partial charge in [-0.3, -0.25) is 4.79 Å². The van der Waals surface area contributed by atoms with Crippen LogP contribution in [-0.4, -0.2) is 17.2 Å². The van der Waals surface area contributed by atoms with Crippen molar-refractivity contribution < 1.29 is 14.6 Å². The second-order valence-corrected chi connectivity index (χ2v) is 6.14. The average molecular weight is 381 g/mol. The number of phenolic OH excluding ortho intramolecular Hbond substituents is 1. The fraction of sp³-hybridized carbons (Fsp3) is 0.0476. The highest BCUT2D eigenvalue weighted by atomic mass is 35.5. The molecule has 0 atom stereocenters. The molecule has 0 aliphatic carbocycles. The molecule has 0 aromatic heterocycles. The minimum Gasteiger partial charge on any atom is -0.507 e. The number of aromatic hydroxyl groups is 1. The van der Waals surface area contributed by atoms with E-state index in [2.05, 4.69) is 10.5 Å². The van der Waals surface area contributed by atoms with Crippen molar-refractivity contribution in [2.45, 2.75) is 6.61 Å². The Morgan fingerprint density at radius 1 is 1.07 bits per heavy atom.